The monoisotopic (exact) mass is 378 g/mol. The van der Waals surface area contributed by atoms with Crippen molar-refractivity contribution in [2.45, 2.75) is 19.3 Å². The molecule has 2 aromatic rings. The molecule has 1 heterocycles. The number of rotatable bonds is 7. The SMILES string of the molecule is O=CC(/C=C1\CCc2c(Br)[nH]c3cccc1c23)CNCCCF. The van der Waals surface area contributed by atoms with Crippen molar-refractivity contribution in [3.8, 4) is 0 Å². The molecule has 5 heteroatoms. The Morgan fingerprint density at radius 3 is 3.04 bits per heavy atom. The van der Waals surface area contributed by atoms with Gasteiger partial charge in [-0.2, -0.15) is 0 Å². The maximum absolute atomic E-state index is 12.1. The molecule has 0 aliphatic heterocycles. The summed E-state index contributed by atoms with van der Waals surface area (Å²) < 4.78 is 13.2. The Morgan fingerprint density at radius 2 is 2.26 bits per heavy atom. The topological polar surface area (TPSA) is 44.9 Å². The van der Waals surface area contributed by atoms with E-state index in [4.69, 9.17) is 0 Å². The van der Waals surface area contributed by atoms with Crippen LogP contribution in [0.25, 0.3) is 16.5 Å². The van der Waals surface area contributed by atoms with E-state index in [9.17, 15) is 9.18 Å². The summed E-state index contributed by atoms with van der Waals surface area (Å²) in [6.07, 6.45) is 5.41. The second kappa shape index (κ2) is 7.41. The number of alkyl halides is 1. The molecule has 0 radical (unpaired) electrons. The third-order valence-electron chi connectivity index (χ3n) is 4.32. The third kappa shape index (κ3) is 3.40. The number of hydrogen-bond acceptors (Lipinski definition) is 2. The summed E-state index contributed by atoms with van der Waals surface area (Å²) >= 11 is 3.60. The van der Waals surface area contributed by atoms with E-state index in [1.165, 1.54) is 22.1 Å². The lowest BCUT2D eigenvalue weighted by Crippen LogP contribution is -2.24. The average Bonchev–Trinajstić information content (AvgIpc) is 2.90. The van der Waals surface area contributed by atoms with Crippen molar-refractivity contribution in [3.63, 3.8) is 0 Å². The van der Waals surface area contributed by atoms with Crippen LogP contribution in [0, 0.1) is 5.92 Å². The minimum absolute atomic E-state index is 0.177. The summed E-state index contributed by atoms with van der Waals surface area (Å²) in [4.78, 5) is 14.7. The van der Waals surface area contributed by atoms with Crippen molar-refractivity contribution in [3.05, 3.63) is 40.0 Å². The van der Waals surface area contributed by atoms with Gasteiger partial charge in [-0.15, -0.1) is 0 Å². The van der Waals surface area contributed by atoms with Crippen molar-refractivity contribution in [1.29, 1.82) is 0 Å². The highest BCUT2D eigenvalue weighted by molar-refractivity contribution is 9.10. The van der Waals surface area contributed by atoms with Crippen LogP contribution in [0.5, 0.6) is 0 Å². The van der Waals surface area contributed by atoms with Crippen molar-refractivity contribution in [2.75, 3.05) is 19.8 Å². The fourth-order valence-electron chi connectivity index (χ4n) is 3.22. The summed E-state index contributed by atoms with van der Waals surface area (Å²) in [5, 5.41) is 4.40. The molecule has 122 valence electrons. The van der Waals surface area contributed by atoms with Gasteiger partial charge in [0.05, 0.1) is 11.3 Å². The molecule has 0 bridgehead atoms. The Kier molecular flexibility index (Phi) is 5.28. The first-order valence-corrected chi connectivity index (χ1v) is 8.76. The van der Waals surface area contributed by atoms with Crippen LogP contribution in [0.1, 0.15) is 24.0 Å². The minimum Gasteiger partial charge on any atom is -0.349 e. The number of allylic oxidation sites excluding steroid dienone is 1. The number of carbonyl (C=O) groups is 1. The lowest BCUT2D eigenvalue weighted by Gasteiger charge is -2.18. The van der Waals surface area contributed by atoms with Crippen LogP contribution >= 0.6 is 15.9 Å². The van der Waals surface area contributed by atoms with Gasteiger partial charge >= 0.3 is 0 Å². The smallest absolute Gasteiger partial charge is 0.128 e. The number of aromatic amines is 1. The first kappa shape index (κ1) is 16.4. The number of H-pyrrole nitrogens is 1. The van der Waals surface area contributed by atoms with Crippen LogP contribution < -0.4 is 5.32 Å². The summed E-state index contributed by atoms with van der Waals surface area (Å²) in [5.74, 6) is -0.177. The number of halogens is 2. The maximum Gasteiger partial charge on any atom is 0.128 e. The van der Waals surface area contributed by atoms with E-state index in [1.54, 1.807) is 0 Å². The predicted octanol–water partition coefficient (Wildman–Crippen LogP) is 4.02. The van der Waals surface area contributed by atoms with E-state index in [-0.39, 0.29) is 12.6 Å². The number of aldehydes is 1. The van der Waals surface area contributed by atoms with Crippen LogP contribution in [0.2, 0.25) is 0 Å². The number of aromatic nitrogens is 1. The van der Waals surface area contributed by atoms with Gasteiger partial charge in [0.2, 0.25) is 0 Å². The summed E-state index contributed by atoms with van der Waals surface area (Å²) in [7, 11) is 0. The molecule has 1 aromatic heterocycles. The molecule has 0 fully saturated rings. The van der Waals surface area contributed by atoms with Crippen LogP contribution in [-0.2, 0) is 11.2 Å². The molecule has 2 N–H and O–H groups in total. The first-order valence-electron chi connectivity index (χ1n) is 7.96. The highest BCUT2D eigenvalue weighted by atomic mass is 79.9. The van der Waals surface area contributed by atoms with Gasteiger partial charge in [0.25, 0.3) is 0 Å². The molecule has 1 aromatic carbocycles. The van der Waals surface area contributed by atoms with E-state index in [0.717, 1.165) is 29.2 Å². The van der Waals surface area contributed by atoms with Crippen molar-refractivity contribution in [1.82, 2.24) is 10.3 Å². The standard InChI is InChI=1S/C18H20BrFN2O/c19-18-15-6-5-13(9-12(11-23)10-21-8-2-7-20)14-3-1-4-16(22-18)17(14)15/h1,3-4,9,11-12,21-22H,2,5-8,10H2/b13-9+. The quantitative estimate of drug-likeness (QED) is 0.564. The van der Waals surface area contributed by atoms with Crippen molar-refractivity contribution in [2.24, 2.45) is 5.92 Å². The van der Waals surface area contributed by atoms with E-state index in [0.29, 0.717) is 19.5 Å². The second-order valence-electron chi connectivity index (χ2n) is 5.88. The normalized spacial score (nSPS) is 16.9. The predicted molar refractivity (Wildman–Crippen MR) is 95.3 cm³/mol. The van der Waals surface area contributed by atoms with Crippen LogP contribution in [-0.4, -0.2) is 31.0 Å². The van der Waals surface area contributed by atoms with Gasteiger partial charge in [-0.05, 0) is 64.5 Å². The zero-order valence-corrected chi connectivity index (χ0v) is 14.5. The van der Waals surface area contributed by atoms with Gasteiger partial charge in [0.1, 0.15) is 6.29 Å². The second-order valence-corrected chi connectivity index (χ2v) is 6.68. The van der Waals surface area contributed by atoms with Gasteiger partial charge in [-0.1, -0.05) is 18.2 Å². The maximum atomic E-state index is 12.1. The lowest BCUT2D eigenvalue weighted by atomic mass is 9.87. The van der Waals surface area contributed by atoms with Crippen LogP contribution in [0.15, 0.2) is 28.9 Å². The number of aryl methyl sites for hydroxylation is 1. The Labute approximate surface area is 143 Å². The molecule has 3 nitrogen and oxygen atoms in total. The van der Waals surface area contributed by atoms with Gasteiger partial charge < -0.3 is 15.1 Å². The van der Waals surface area contributed by atoms with E-state index in [1.807, 2.05) is 6.07 Å². The molecule has 1 unspecified atom stereocenters. The summed E-state index contributed by atoms with van der Waals surface area (Å²) in [5.41, 5.74) is 4.87. The number of hydrogen-bond donors (Lipinski definition) is 2. The van der Waals surface area contributed by atoms with Crippen molar-refractivity contribution >= 4 is 38.7 Å². The number of carbonyl (C=O) groups excluding carboxylic acids is 1. The fraction of sp³-hybridized carbons (Fsp3) is 0.389. The molecular weight excluding hydrogens is 359 g/mol. The van der Waals surface area contributed by atoms with E-state index < -0.39 is 0 Å². The molecule has 0 spiro atoms. The average molecular weight is 379 g/mol. The van der Waals surface area contributed by atoms with Crippen LogP contribution in [0.4, 0.5) is 4.39 Å². The molecular formula is C18H20BrFN2O. The molecule has 1 aliphatic rings. The zero-order chi connectivity index (χ0) is 16.2. The Morgan fingerprint density at radius 1 is 1.39 bits per heavy atom. The first-order chi connectivity index (χ1) is 11.2. The van der Waals surface area contributed by atoms with Gasteiger partial charge in [-0.3, -0.25) is 4.39 Å². The van der Waals surface area contributed by atoms with Crippen LogP contribution in [0.3, 0.4) is 0 Å². The molecule has 23 heavy (non-hydrogen) atoms. The lowest BCUT2D eigenvalue weighted by molar-refractivity contribution is -0.109. The highest BCUT2D eigenvalue weighted by Crippen LogP contribution is 2.39. The zero-order valence-electron chi connectivity index (χ0n) is 12.9. The number of nitrogens with one attached hydrogen (secondary N) is 2. The van der Waals surface area contributed by atoms with E-state index in [2.05, 4.69) is 44.4 Å². The summed E-state index contributed by atoms with van der Waals surface area (Å²) in [6, 6.07) is 6.24. The molecule has 0 saturated heterocycles. The number of benzene rings is 1. The van der Waals surface area contributed by atoms with Gasteiger partial charge in [-0.25, -0.2) is 0 Å². The molecule has 3 rings (SSSR count). The third-order valence-corrected chi connectivity index (χ3v) is 5.00. The Balaban J connectivity index is 1.86. The Bertz CT molecular complexity index is 738. The molecule has 0 amide bonds. The fourth-order valence-corrected chi connectivity index (χ4v) is 3.83. The minimum atomic E-state index is -0.326. The van der Waals surface area contributed by atoms with Gasteiger partial charge in [0, 0.05) is 23.4 Å². The highest BCUT2D eigenvalue weighted by Gasteiger charge is 2.21. The summed E-state index contributed by atoms with van der Waals surface area (Å²) in [6.45, 7) is 0.841. The van der Waals surface area contributed by atoms with Gasteiger partial charge in [0.15, 0.2) is 0 Å². The molecule has 1 aliphatic carbocycles. The Hall–Kier alpha value is -1.46. The largest absolute Gasteiger partial charge is 0.349 e. The van der Waals surface area contributed by atoms with Crippen molar-refractivity contribution < 1.29 is 9.18 Å². The molecule has 0 saturated carbocycles. The molecule has 1 atom stereocenters. The van der Waals surface area contributed by atoms with E-state index >= 15 is 0 Å².